The maximum Gasteiger partial charge on any atom is 0.387 e. The van der Waals surface area contributed by atoms with Gasteiger partial charge >= 0.3 is 6.61 Å². The van der Waals surface area contributed by atoms with Crippen LogP contribution in [0.25, 0.3) is 0 Å². The molecule has 1 aliphatic carbocycles. The van der Waals surface area contributed by atoms with Crippen molar-refractivity contribution in [1.82, 2.24) is 0 Å². The lowest BCUT2D eigenvalue weighted by atomic mass is 10.3. The SMILES string of the molecule is C=C/C(OCC1CC1)=C(\C=C)OC(F)F. The van der Waals surface area contributed by atoms with Crippen LogP contribution >= 0.6 is 0 Å². The maximum absolute atomic E-state index is 12.0. The van der Waals surface area contributed by atoms with E-state index in [2.05, 4.69) is 17.9 Å². The van der Waals surface area contributed by atoms with Crippen molar-refractivity contribution in [2.45, 2.75) is 19.5 Å². The van der Waals surface area contributed by atoms with Gasteiger partial charge < -0.3 is 9.47 Å². The molecule has 15 heavy (non-hydrogen) atoms. The predicted molar refractivity (Wildman–Crippen MR) is 53.2 cm³/mol. The van der Waals surface area contributed by atoms with Gasteiger partial charge in [-0.15, -0.1) is 0 Å². The first-order valence-electron chi connectivity index (χ1n) is 4.74. The van der Waals surface area contributed by atoms with Crippen LogP contribution in [0.2, 0.25) is 0 Å². The van der Waals surface area contributed by atoms with Crippen molar-refractivity contribution in [2.24, 2.45) is 5.92 Å². The number of rotatable bonds is 7. The van der Waals surface area contributed by atoms with Crippen LogP contribution in [0, 0.1) is 5.92 Å². The number of alkyl halides is 2. The number of hydrogen-bond acceptors (Lipinski definition) is 2. The first kappa shape index (κ1) is 11.8. The summed E-state index contributed by atoms with van der Waals surface area (Å²) in [5, 5.41) is 0. The third kappa shape index (κ3) is 4.14. The Morgan fingerprint density at radius 3 is 2.27 bits per heavy atom. The lowest BCUT2D eigenvalue weighted by molar-refractivity contribution is -0.0955. The second-order valence-corrected chi connectivity index (χ2v) is 3.27. The van der Waals surface area contributed by atoms with Crippen LogP contribution in [0.15, 0.2) is 36.8 Å². The van der Waals surface area contributed by atoms with E-state index in [0.29, 0.717) is 12.5 Å². The van der Waals surface area contributed by atoms with Crippen molar-refractivity contribution in [3.05, 3.63) is 36.8 Å². The highest BCUT2D eigenvalue weighted by Crippen LogP contribution is 2.30. The molecule has 0 amide bonds. The van der Waals surface area contributed by atoms with Crippen LogP contribution < -0.4 is 0 Å². The van der Waals surface area contributed by atoms with Crippen LogP contribution in [0.5, 0.6) is 0 Å². The molecular weight excluding hydrogens is 202 g/mol. The molecule has 1 rings (SSSR count). The molecule has 0 aliphatic heterocycles. The summed E-state index contributed by atoms with van der Waals surface area (Å²) in [6, 6.07) is 0. The quantitative estimate of drug-likeness (QED) is 0.480. The van der Waals surface area contributed by atoms with Gasteiger partial charge in [0.05, 0.1) is 6.61 Å². The number of ether oxygens (including phenoxy) is 2. The van der Waals surface area contributed by atoms with Crippen LogP contribution in [-0.2, 0) is 9.47 Å². The Bertz CT molecular complexity index is 268. The summed E-state index contributed by atoms with van der Waals surface area (Å²) in [4.78, 5) is 0. The monoisotopic (exact) mass is 216 g/mol. The summed E-state index contributed by atoms with van der Waals surface area (Å²) in [6.45, 7) is 4.50. The predicted octanol–water partition coefficient (Wildman–Crippen LogP) is 3.24. The van der Waals surface area contributed by atoms with Gasteiger partial charge in [0.25, 0.3) is 0 Å². The van der Waals surface area contributed by atoms with Gasteiger partial charge in [0.1, 0.15) is 0 Å². The van der Waals surface area contributed by atoms with Crippen LogP contribution in [0.1, 0.15) is 12.8 Å². The molecule has 2 nitrogen and oxygen atoms in total. The van der Waals surface area contributed by atoms with Crippen LogP contribution in [0.3, 0.4) is 0 Å². The molecule has 0 saturated heterocycles. The van der Waals surface area contributed by atoms with Gasteiger partial charge in [0.2, 0.25) is 0 Å². The lowest BCUT2D eigenvalue weighted by Gasteiger charge is -2.11. The Hall–Kier alpha value is -1.32. The van der Waals surface area contributed by atoms with E-state index in [-0.39, 0.29) is 11.5 Å². The van der Waals surface area contributed by atoms with E-state index in [4.69, 9.17) is 4.74 Å². The number of halogens is 2. The molecule has 0 unspecified atom stereocenters. The Morgan fingerprint density at radius 1 is 1.27 bits per heavy atom. The van der Waals surface area contributed by atoms with E-state index in [9.17, 15) is 8.78 Å². The minimum absolute atomic E-state index is 0.0688. The van der Waals surface area contributed by atoms with E-state index in [1.807, 2.05) is 0 Å². The van der Waals surface area contributed by atoms with Crippen LogP contribution in [0.4, 0.5) is 8.78 Å². The van der Waals surface area contributed by atoms with E-state index in [0.717, 1.165) is 12.8 Å². The molecule has 1 aliphatic rings. The van der Waals surface area contributed by atoms with Crippen molar-refractivity contribution >= 4 is 0 Å². The van der Waals surface area contributed by atoms with E-state index < -0.39 is 6.61 Å². The molecule has 0 spiro atoms. The summed E-state index contributed by atoms with van der Waals surface area (Å²) in [6.07, 6.45) is 4.80. The molecule has 84 valence electrons. The minimum atomic E-state index is -2.88. The van der Waals surface area contributed by atoms with Gasteiger partial charge in [-0.3, -0.25) is 0 Å². The molecule has 0 aromatic rings. The minimum Gasteiger partial charge on any atom is -0.489 e. The zero-order chi connectivity index (χ0) is 11.3. The van der Waals surface area contributed by atoms with E-state index in [1.54, 1.807) is 0 Å². The first-order chi connectivity index (χ1) is 7.17. The number of allylic oxidation sites excluding steroid dienone is 2. The van der Waals surface area contributed by atoms with Crippen molar-refractivity contribution < 1.29 is 18.3 Å². The van der Waals surface area contributed by atoms with Crippen LogP contribution in [-0.4, -0.2) is 13.2 Å². The summed E-state index contributed by atoms with van der Waals surface area (Å²) >= 11 is 0. The van der Waals surface area contributed by atoms with Gasteiger partial charge in [0, 0.05) is 0 Å². The molecule has 1 fully saturated rings. The largest absolute Gasteiger partial charge is 0.489 e. The molecule has 0 heterocycles. The zero-order valence-corrected chi connectivity index (χ0v) is 8.42. The highest BCUT2D eigenvalue weighted by molar-refractivity contribution is 5.22. The van der Waals surface area contributed by atoms with Gasteiger partial charge in [0.15, 0.2) is 11.5 Å². The van der Waals surface area contributed by atoms with Gasteiger partial charge in [-0.2, -0.15) is 8.78 Å². The summed E-state index contributed by atoms with van der Waals surface area (Å²) in [5.41, 5.74) is 0. The second kappa shape index (κ2) is 5.53. The third-order valence-corrected chi connectivity index (χ3v) is 2.00. The fourth-order valence-corrected chi connectivity index (χ4v) is 1.03. The van der Waals surface area contributed by atoms with Crippen molar-refractivity contribution in [1.29, 1.82) is 0 Å². The molecule has 0 radical (unpaired) electrons. The van der Waals surface area contributed by atoms with Gasteiger partial charge in [-0.25, -0.2) is 0 Å². The number of hydrogen-bond donors (Lipinski definition) is 0. The fourth-order valence-electron chi connectivity index (χ4n) is 1.03. The maximum atomic E-state index is 12.0. The van der Waals surface area contributed by atoms with E-state index in [1.165, 1.54) is 12.2 Å². The molecule has 1 saturated carbocycles. The van der Waals surface area contributed by atoms with Crippen molar-refractivity contribution in [3.63, 3.8) is 0 Å². The molecule has 0 bridgehead atoms. The molecule has 4 heteroatoms. The Kier molecular flexibility index (Phi) is 4.34. The summed E-state index contributed by atoms with van der Waals surface area (Å²) < 4.78 is 33.5. The average Bonchev–Trinajstić information content (AvgIpc) is 3.00. The second-order valence-electron chi connectivity index (χ2n) is 3.27. The van der Waals surface area contributed by atoms with E-state index >= 15 is 0 Å². The first-order valence-corrected chi connectivity index (χ1v) is 4.74. The molecule has 0 aromatic carbocycles. The summed E-state index contributed by atoms with van der Waals surface area (Å²) in [7, 11) is 0. The normalized spacial score (nSPS) is 17.0. The fraction of sp³-hybridized carbons (Fsp3) is 0.455. The zero-order valence-electron chi connectivity index (χ0n) is 8.42. The Labute approximate surface area is 87.9 Å². The highest BCUT2D eigenvalue weighted by atomic mass is 19.3. The summed E-state index contributed by atoms with van der Waals surface area (Å²) in [5.74, 6) is 0.690. The van der Waals surface area contributed by atoms with Gasteiger partial charge in [-0.05, 0) is 30.9 Å². The third-order valence-electron chi connectivity index (χ3n) is 2.00. The molecular formula is C11H14F2O2. The topological polar surface area (TPSA) is 18.5 Å². The molecule has 0 atom stereocenters. The molecule has 0 N–H and O–H groups in total. The molecule has 0 aromatic heterocycles. The average molecular weight is 216 g/mol. The highest BCUT2D eigenvalue weighted by Gasteiger charge is 2.22. The smallest absolute Gasteiger partial charge is 0.387 e. The Balaban J connectivity index is 2.57. The van der Waals surface area contributed by atoms with Gasteiger partial charge in [-0.1, -0.05) is 13.2 Å². The van der Waals surface area contributed by atoms with Crippen molar-refractivity contribution in [3.8, 4) is 0 Å². The Morgan fingerprint density at radius 2 is 1.87 bits per heavy atom. The van der Waals surface area contributed by atoms with Crippen molar-refractivity contribution in [2.75, 3.05) is 6.61 Å². The standard InChI is InChI=1S/C11H14F2O2/c1-3-9(14-7-8-5-6-8)10(4-2)15-11(12)13/h3-4,8,11H,1-2,5-7H2/b10-9-. The lowest BCUT2D eigenvalue weighted by Crippen LogP contribution is -2.03.